The quantitative estimate of drug-likeness (QED) is 0.890. The van der Waals surface area contributed by atoms with Crippen molar-refractivity contribution in [3.8, 4) is 0 Å². The Morgan fingerprint density at radius 1 is 1.39 bits per heavy atom. The van der Waals surface area contributed by atoms with Crippen molar-refractivity contribution >= 4 is 23.6 Å². The van der Waals surface area contributed by atoms with Gasteiger partial charge in [-0.15, -0.1) is 0 Å². The maximum Gasteiger partial charge on any atom is 0.416 e. The highest BCUT2D eigenvalue weighted by Gasteiger charge is 2.35. The van der Waals surface area contributed by atoms with Crippen LogP contribution in [0.2, 0.25) is 0 Å². The smallest absolute Gasteiger partial charge is 0.350 e. The predicted molar refractivity (Wildman–Crippen MR) is 81.8 cm³/mol. The van der Waals surface area contributed by atoms with Crippen LogP contribution in [0, 0.1) is 0 Å². The molecule has 1 aliphatic heterocycles. The number of nitrogens with zero attached hydrogens (tertiary/aromatic N) is 1. The largest absolute Gasteiger partial charge is 0.416 e. The minimum absolute atomic E-state index is 0.0597. The van der Waals surface area contributed by atoms with Gasteiger partial charge in [0.1, 0.15) is 0 Å². The number of alkyl halides is 3. The first-order valence-corrected chi connectivity index (χ1v) is 8.42. The Bertz CT molecular complexity index is 592. The van der Waals surface area contributed by atoms with Crippen molar-refractivity contribution in [2.45, 2.75) is 25.2 Å². The van der Waals surface area contributed by atoms with E-state index < -0.39 is 11.7 Å². The molecule has 8 heteroatoms. The Morgan fingerprint density at radius 2 is 2.09 bits per heavy atom. The van der Waals surface area contributed by atoms with Gasteiger partial charge in [-0.25, -0.2) is 0 Å². The molecule has 0 aliphatic carbocycles. The van der Waals surface area contributed by atoms with Gasteiger partial charge in [-0.1, -0.05) is 18.2 Å². The van der Waals surface area contributed by atoms with Gasteiger partial charge in [0.05, 0.1) is 17.4 Å². The number of amides is 2. The molecule has 2 rings (SSSR count). The van der Waals surface area contributed by atoms with E-state index in [4.69, 9.17) is 0 Å². The van der Waals surface area contributed by atoms with Crippen LogP contribution in [-0.4, -0.2) is 41.3 Å². The lowest BCUT2D eigenvalue weighted by Crippen LogP contribution is -2.38. The molecule has 1 N–H and O–H groups in total. The summed E-state index contributed by atoms with van der Waals surface area (Å²) in [5, 5.41) is 2.73. The molecule has 1 aromatic carbocycles. The lowest BCUT2D eigenvalue weighted by atomic mass is 10.1. The van der Waals surface area contributed by atoms with Gasteiger partial charge in [-0.3, -0.25) is 9.59 Å². The van der Waals surface area contributed by atoms with Crippen molar-refractivity contribution in [2.24, 2.45) is 0 Å². The van der Waals surface area contributed by atoms with Crippen LogP contribution in [0.3, 0.4) is 0 Å². The zero-order valence-corrected chi connectivity index (χ0v) is 13.3. The number of hydrogen-bond acceptors (Lipinski definition) is 3. The third-order valence-corrected chi connectivity index (χ3v) is 4.09. The third kappa shape index (κ3) is 4.63. The second-order valence-electron chi connectivity index (χ2n) is 5.33. The molecule has 1 aromatic rings. The van der Waals surface area contributed by atoms with Crippen molar-refractivity contribution in [2.75, 3.05) is 18.6 Å². The summed E-state index contributed by atoms with van der Waals surface area (Å²) >= 11 is 1.37. The van der Waals surface area contributed by atoms with Gasteiger partial charge in [0.2, 0.25) is 11.8 Å². The Labute approximate surface area is 136 Å². The number of benzene rings is 1. The summed E-state index contributed by atoms with van der Waals surface area (Å²) in [6.07, 6.45) is -2.54. The molecule has 0 radical (unpaired) electrons. The third-order valence-electron chi connectivity index (χ3n) is 3.54. The molecule has 1 fully saturated rings. The van der Waals surface area contributed by atoms with E-state index in [0.29, 0.717) is 5.75 Å². The minimum Gasteiger partial charge on any atom is -0.350 e. The van der Waals surface area contributed by atoms with Crippen molar-refractivity contribution in [3.63, 3.8) is 0 Å². The lowest BCUT2D eigenvalue weighted by Gasteiger charge is -2.20. The van der Waals surface area contributed by atoms with Gasteiger partial charge >= 0.3 is 6.18 Å². The topological polar surface area (TPSA) is 49.4 Å². The number of nitrogens with one attached hydrogen (secondary N) is 1. The maximum atomic E-state index is 13.0. The van der Waals surface area contributed by atoms with Crippen LogP contribution >= 0.6 is 11.8 Å². The van der Waals surface area contributed by atoms with Crippen molar-refractivity contribution in [3.05, 3.63) is 35.4 Å². The van der Waals surface area contributed by atoms with Crippen LogP contribution in [-0.2, 0) is 22.3 Å². The highest BCUT2D eigenvalue weighted by molar-refractivity contribution is 7.99. The van der Waals surface area contributed by atoms with Crippen LogP contribution in [0.1, 0.15) is 17.5 Å². The van der Waals surface area contributed by atoms with E-state index in [2.05, 4.69) is 5.32 Å². The minimum atomic E-state index is -4.45. The average molecular weight is 346 g/mol. The van der Waals surface area contributed by atoms with Gasteiger partial charge in [0.25, 0.3) is 0 Å². The Morgan fingerprint density at radius 3 is 2.74 bits per heavy atom. The van der Waals surface area contributed by atoms with Gasteiger partial charge in [-0.05, 0) is 17.9 Å². The average Bonchev–Trinajstić information content (AvgIpc) is 2.78. The van der Waals surface area contributed by atoms with Crippen LogP contribution in [0.5, 0.6) is 0 Å². The van der Waals surface area contributed by atoms with E-state index in [0.717, 1.165) is 6.07 Å². The Hall–Kier alpha value is -1.70. The van der Waals surface area contributed by atoms with E-state index in [9.17, 15) is 22.8 Å². The maximum absolute atomic E-state index is 13.0. The predicted octanol–water partition coefficient (Wildman–Crippen LogP) is 2.29. The van der Waals surface area contributed by atoms with E-state index in [1.54, 1.807) is 6.26 Å². The molecule has 1 heterocycles. The fourth-order valence-electron chi connectivity index (χ4n) is 2.56. The molecule has 126 valence electrons. The zero-order chi connectivity index (χ0) is 17.0. The van der Waals surface area contributed by atoms with Crippen LogP contribution in [0.15, 0.2) is 24.3 Å². The highest BCUT2D eigenvalue weighted by atomic mass is 32.2. The van der Waals surface area contributed by atoms with E-state index in [1.807, 2.05) is 0 Å². The molecule has 4 nitrogen and oxygen atoms in total. The number of hydrogen-bond donors (Lipinski definition) is 1. The van der Waals surface area contributed by atoms with Crippen molar-refractivity contribution < 1.29 is 22.8 Å². The fourth-order valence-corrected chi connectivity index (χ4v) is 2.91. The van der Waals surface area contributed by atoms with Crippen LogP contribution in [0.4, 0.5) is 13.2 Å². The van der Waals surface area contributed by atoms with E-state index in [-0.39, 0.29) is 42.9 Å². The number of halogens is 3. The monoisotopic (exact) mass is 346 g/mol. The standard InChI is InChI=1S/C15H17F3N2O2S/c1-23-9-13(21)19-11-6-14(22)20(8-11)7-10-4-2-3-5-12(10)15(16,17)18/h2-5,11H,6-9H2,1H3,(H,19,21)/t11-/m1/s1. The molecular weight excluding hydrogens is 329 g/mol. The number of carbonyl (C=O) groups is 2. The van der Waals surface area contributed by atoms with Crippen molar-refractivity contribution in [1.29, 1.82) is 0 Å². The molecule has 1 aliphatic rings. The molecule has 0 aromatic heterocycles. The molecular formula is C15H17F3N2O2S. The molecule has 23 heavy (non-hydrogen) atoms. The zero-order valence-electron chi connectivity index (χ0n) is 12.5. The Balaban J connectivity index is 2.04. The van der Waals surface area contributed by atoms with Gasteiger partial charge in [-0.2, -0.15) is 24.9 Å². The molecule has 1 atom stereocenters. The SMILES string of the molecule is CSCC(=O)N[C@@H]1CC(=O)N(Cc2ccccc2C(F)(F)F)C1. The summed E-state index contributed by atoms with van der Waals surface area (Å²) in [5.74, 6) is -0.133. The second kappa shape index (κ2) is 7.25. The summed E-state index contributed by atoms with van der Waals surface area (Å²) in [6.45, 7) is 0.120. The molecule has 0 saturated carbocycles. The van der Waals surface area contributed by atoms with E-state index >= 15 is 0 Å². The number of likely N-dealkylation sites (tertiary alicyclic amines) is 1. The first-order chi connectivity index (χ1) is 10.8. The number of carbonyl (C=O) groups excluding carboxylic acids is 2. The summed E-state index contributed by atoms with van der Waals surface area (Å²) in [7, 11) is 0. The lowest BCUT2D eigenvalue weighted by molar-refractivity contribution is -0.139. The fraction of sp³-hybridized carbons (Fsp3) is 0.467. The van der Waals surface area contributed by atoms with Gasteiger partial charge in [0.15, 0.2) is 0 Å². The summed E-state index contributed by atoms with van der Waals surface area (Å²) in [5.41, 5.74) is -0.674. The summed E-state index contributed by atoms with van der Waals surface area (Å²) in [4.78, 5) is 24.9. The molecule has 0 unspecified atom stereocenters. The summed E-state index contributed by atoms with van der Waals surface area (Å²) < 4.78 is 39.0. The van der Waals surface area contributed by atoms with E-state index in [1.165, 1.54) is 34.9 Å². The molecule has 0 spiro atoms. The second-order valence-corrected chi connectivity index (χ2v) is 6.20. The number of thioether (sulfide) groups is 1. The van der Waals surface area contributed by atoms with Gasteiger partial charge < -0.3 is 10.2 Å². The molecule has 1 saturated heterocycles. The first-order valence-electron chi connectivity index (χ1n) is 7.02. The van der Waals surface area contributed by atoms with Crippen molar-refractivity contribution in [1.82, 2.24) is 10.2 Å². The Kier molecular flexibility index (Phi) is 5.56. The normalized spacial score (nSPS) is 18.3. The molecule has 2 amide bonds. The first kappa shape index (κ1) is 17.7. The molecule has 0 bridgehead atoms. The van der Waals surface area contributed by atoms with Crippen LogP contribution < -0.4 is 5.32 Å². The highest BCUT2D eigenvalue weighted by Crippen LogP contribution is 2.32. The summed E-state index contributed by atoms with van der Waals surface area (Å²) in [6, 6.07) is 4.87. The van der Waals surface area contributed by atoms with Gasteiger partial charge in [0, 0.05) is 19.5 Å². The number of rotatable bonds is 5. The van der Waals surface area contributed by atoms with Crippen LogP contribution in [0.25, 0.3) is 0 Å².